The molecule has 1 fully saturated rings. The third kappa shape index (κ3) is 8.39. The largest absolute Gasteiger partial charge is 0.123 e. The Morgan fingerprint density at radius 2 is 1.67 bits per heavy atom. The first-order chi connectivity index (χ1) is 5.81. The summed E-state index contributed by atoms with van der Waals surface area (Å²) in [7, 11) is 0. The van der Waals surface area contributed by atoms with Crippen LogP contribution in [-0.2, 0) is 0 Å². The van der Waals surface area contributed by atoms with Crippen LogP contribution in [0.1, 0.15) is 58.8 Å². The van der Waals surface area contributed by atoms with Gasteiger partial charge in [0.05, 0.1) is 0 Å². The normalized spacial score (nSPS) is 18.2. The van der Waals surface area contributed by atoms with E-state index >= 15 is 0 Å². The molecule has 1 saturated carbocycles. The standard InChI is InChI=1S/C6H10Cl.C5H12/c7-6-4-2-1-3-5-6;1-3-5-4-2/h1,6H,2-5H2;3-5H2,1-2H3. The summed E-state index contributed by atoms with van der Waals surface area (Å²) in [4.78, 5) is 0. The second-order valence-corrected chi connectivity index (χ2v) is 4.01. The lowest BCUT2D eigenvalue weighted by molar-refractivity contribution is 0.601. The number of hydrogen-bond acceptors (Lipinski definition) is 0. The summed E-state index contributed by atoms with van der Waals surface area (Å²) in [6, 6.07) is 0. The monoisotopic (exact) mass is 189 g/mol. The molecule has 0 aromatic rings. The van der Waals surface area contributed by atoms with E-state index in [1.165, 1.54) is 44.9 Å². The van der Waals surface area contributed by atoms with Crippen molar-refractivity contribution in [2.75, 3.05) is 0 Å². The molecule has 1 rings (SSSR count). The summed E-state index contributed by atoms with van der Waals surface area (Å²) in [5.41, 5.74) is 0. The first-order valence-corrected chi connectivity index (χ1v) is 5.70. The molecule has 1 aliphatic carbocycles. The maximum Gasteiger partial charge on any atom is 0.0336 e. The third-order valence-corrected chi connectivity index (χ3v) is 2.51. The van der Waals surface area contributed by atoms with Crippen molar-refractivity contribution in [3.63, 3.8) is 0 Å². The Balaban J connectivity index is 0.000000217. The Bertz CT molecular complexity index is 73.1. The van der Waals surface area contributed by atoms with Crippen molar-refractivity contribution >= 4 is 11.6 Å². The minimum atomic E-state index is 0.477. The molecule has 0 amide bonds. The highest BCUT2D eigenvalue weighted by molar-refractivity contribution is 6.20. The fourth-order valence-electron chi connectivity index (χ4n) is 1.24. The van der Waals surface area contributed by atoms with E-state index in [1.54, 1.807) is 0 Å². The molecule has 12 heavy (non-hydrogen) atoms. The zero-order valence-corrected chi connectivity index (χ0v) is 9.24. The molecule has 1 radical (unpaired) electrons. The van der Waals surface area contributed by atoms with Gasteiger partial charge in [-0.2, -0.15) is 0 Å². The smallest absolute Gasteiger partial charge is 0.0336 e. The fourth-order valence-corrected chi connectivity index (χ4v) is 1.49. The van der Waals surface area contributed by atoms with E-state index in [-0.39, 0.29) is 0 Å². The Kier molecular flexibility index (Phi) is 9.61. The van der Waals surface area contributed by atoms with Gasteiger partial charge in [0.15, 0.2) is 0 Å². The fraction of sp³-hybridized carbons (Fsp3) is 0.909. The lowest BCUT2D eigenvalue weighted by atomic mass is 10.0. The van der Waals surface area contributed by atoms with Crippen molar-refractivity contribution in [1.29, 1.82) is 0 Å². The van der Waals surface area contributed by atoms with Crippen LogP contribution in [0.15, 0.2) is 0 Å². The van der Waals surface area contributed by atoms with E-state index in [2.05, 4.69) is 20.3 Å². The molecule has 0 aromatic heterocycles. The molecule has 0 heterocycles. The van der Waals surface area contributed by atoms with Gasteiger partial charge in [0, 0.05) is 5.38 Å². The number of rotatable bonds is 2. The SMILES string of the molecule is CCCCC.ClC1CC[CH]CC1. The van der Waals surface area contributed by atoms with Crippen LogP contribution in [0.5, 0.6) is 0 Å². The second kappa shape index (κ2) is 9.38. The average molecular weight is 190 g/mol. The summed E-state index contributed by atoms with van der Waals surface area (Å²) >= 11 is 5.80. The Morgan fingerprint density at radius 3 is 1.83 bits per heavy atom. The second-order valence-electron chi connectivity index (χ2n) is 3.39. The minimum absolute atomic E-state index is 0.477. The molecule has 0 aromatic carbocycles. The van der Waals surface area contributed by atoms with Crippen LogP contribution in [0.3, 0.4) is 0 Å². The first kappa shape index (κ1) is 12.3. The van der Waals surface area contributed by atoms with E-state index in [9.17, 15) is 0 Å². The van der Waals surface area contributed by atoms with Gasteiger partial charge in [-0.3, -0.25) is 0 Å². The molecule has 0 unspecified atom stereocenters. The summed E-state index contributed by atoms with van der Waals surface area (Å²) in [6.45, 7) is 4.42. The molecule has 73 valence electrons. The third-order valence-electron chi connectivity index (χ3n) is 2.08. The number of unbranched alkanes of at least 4 members (excludes halogenated alkanes) is 2. The van der Waals surface area contributed by atoms with Gasteiger partial charge < -0.3 is 0 Å². The van der Waals surface area contributed by atoms with Gasteiger partial charge in [-0.05, 0) is 32.1 Å². The van der Waals surface area contributed by atoms with E-state index in [0.717, 1.165) is 0 Å². The van der Waals surface area contributed by atoms with E-state index < -0.39 is 0 Å². The highest BCUT2D eigenvalue weighted by atomic mass is 35.5. The molecule has 0 saturated heterocycles. The Morgan fingerprint density at radius 1 is 1.17 bits per heavy atom. The zero-order valence-electron chi connectivity index (χ0n) is 8.48. The molecule has 0 aliphatic heterocycles. The van der Waals surface area contributed by atoms with Gasteiger partial charge >= 0.3 is 0 Å². The quantitative estimate of drug-likeness (QED) is 0.559. The van der Waals surface area contributed by atoms with E-state index in [0.29, 0.717) is 5.38 Å². The van der Waals surface area contributed by atoms with Crippen molar-refractivity contribution in [2.24, 2.45) is 0 Å². The van der Waals surface area contributed by atoms with Crippen LogP contribution in [0.4, 0.5) is 0 Å². The van der Waals surface area contributed by atoms with Crippen molar-refractivity contribution < 1.29 is 0 Å². The van der Waals surface area contributed by atoms with Crippen LogP contribution in [0.25, 0.3) is 0 Å². The summed E-state index contributed by atoms with van der Waals surface area (Å²) in [5.74, 6) is 0. The molecular weight excluding hydrogens is 168 g/mol. The van der Waals surface area contributed by atoms with E-state index in [1.807, 2.05) is 0 Å². The van der Waals surface area contributed by atoms with Gasteiger partial charge in [0.25, 0.3) is 0 Å². The van der Waals surface area contributed by atoms with Crippen LogP contribution in [-0.4, -0.2) is 5.38 Å². The summed E-state index contributed by atoms with van der Waals surface area (Å²) < 4.78 is 0. The number of alkyl halides is 1. The summed E-state index contributed by atoms with van der Waals surface area (Å²) in [5, 5.41) is 0.477. The van der Waals surface area contributed by atoms with Crippen molar-refractivity contribution in [2.45, 2.75) is 64.2 Å². The van der Waals surface area contributed by atoms with Crippen molar-refractivity contribution in [3.8, 4) is 0 Å². The van der Waals surface area contributed by atoms with Gasteiger partial charge in [0.2, 0.25) is 0 Å². The van der Waals surface area contributed by atoms with Crippen LogP contribution < -0.4 is 0 Å². The molecule has 1 heteroatoms. The number of halogens is 1. The van der Waals surface area contributed by atoms with Crippen LogP contribution in [0.2, 0.25) is 0 Å². The lowest BCUT2D eigenvalue weighted by Gasteiger charge is -2.13. The minimum Gasteiger partial charge on any atom is -0.123 e. The van der Waals surface area contributed by atoms with Gasteiger partial charge in [0.1, 0.15) is 0 Å². The maximum absolute atomic E-state index is 5.80. The Labute approximate surface area is 82.7 Å². The van der Waals surface area contributed by atoms with Gasteiger partial charge in [-0.15, -0.1) is 11.6 Å². The Hall–Kier alpha value is 0.290. The van der Waals surface area contributed by atoms with Gasteiger partial charge in [-0.1, -0.05) is 33.1 Å². The highest BCUT2D eigenvalue weighted by Gasteiger charge is 2.08. The number of hydrogen-bond donors (Lipinski definition) is 0. The highest BCUT2D eigenvalue weighted by Crippen LogP contribution is 2.20. The van der Waals surface area contributed by atoms with Crippen molar-refractivity contribution in [3.05, 3.63) is 6.42 Å². The van der Waals surface area contributed by atoms with Gasteiger partial charge in [-0.25, -0.2) is 0 Å². The molecular formula is C11H22Cl. The van der Waals surface area contributed by atoms with Crippen LogP contribution >= 0.6 is 11.6 Å². The lowest BCUT2D eigenvalue weighted by Crippen LogP contribution is -2.03. The molecule has 0 bridgehead atoms. The zero-order chi connectivity index (χ0) is 9.23. The molecule has 1 aliphatic rings. The topological polar surface area (TPSA) is 0 Å². The predicted molar refractivity (Wildman–Crippen MR) is 57.6 cm³/mol. The molecule has 0 N–H and O–H groups in total. The van der Waals surface area contributed by atoms with Crippen molar-refractivity contribution in [1.82, 2.24) is 0 Å². The summed E-state index contributed by atoms with van der Waals surface area (Å²) in [6.07, 6.45) is 11.2. The maximum atomic E-state index is 5.80. The molecule has 0 nitrogen and oxygen atoms in total. The van der Waals surface area contributed by atoms with Crippen LogP contribution in [0, 0.1) is 6.42 Å². The molecule has 0 atom stereocenters. The first-order valence-electron chi connectivity index (χ1n) is 5.27. The van der Waals surface area contributed by atoms with E-state index in [4.69, 9.17) is 11.6 Å². The predicted octanol–water partition coefficient (Wildman–Crippen LogP) is 4.57. The average Bonchev–Trinajstić information content (AvgIpc) is 2.08. The molecule has 0 spiro atoms.